The first kappa shape index (κ1) is 17.0. The molecule has 134 valence electrons. The normalized spacial score (nSPS) is 15.5. The summed E-state index contributed by atoms with van der Waals surface area (Å²) in [6.45, 7) is 6.34. The molecule has 1 N–H and O–H groups in total. The third-order valence-corrected chi connectivity index (χ3v) is 5.30. The smallest absolute Gasteiger partial charge is 0.0852 e. The van der Waals surface area contributed by atoms with Crippen molar-refractivity contribution >= 4 is 22.7 Å². The maximum Gasteiger partial charge on any atom is 0.0852 e. The first-order chi connectivity index (χ1) is 12.6. The third-order valence-electron chi connectivity index (χ3n) is 5.30. The van der Waals surface area contributed by atoms with Crippen molar-refractivity contribution in [1.29, 1.82) is 0 Å². The maximum atomic E-state index is 9.18. The van der Waals surface area contributed by atoms with Crippen molar-refractivity contribution in [3.63, 3.8) is 0 Å². The van der Waals surface area contributed by atoms with Crippen molar-refractivity contribution in [2.24, 2.45) is 0 Å². The largest absolute Gasteiger partial charge is 0.390 e. The first-order valence-electron chi connectivity index (χ1n) is 9.12. The number of aromatic nitrogens is 2. The molecule has 0 bridgehead atoms. The Kier molecular flexibility index (Phi) is 4.39. The molecule has 1 aliphatic heterocycles. The Morgan fingerprint density at radius 1 is 1.27 bits per heavy atom. The highest BCUT2D eigenvalue weighted by atomic mass is 16.3. The zero-order valence-electron chi connectivity index (χ0n) is 15.7. The molecule has 0 fully saturated rings. The Morgan fingerprint density at radius 2 is 2.12 bits per heavy atom. The zero-order valence-corrected chi connectivity index (χ0v) is 15.7. The molecule has 4 rings (SSSR count). The molecule has 1 aromatic carbocycles. The van der Waals surface area contributed by atoms with Gasteiger partial charge in [-0.2, -0.15) is 0 Å². The SMILES string of the molecule is CC(=Cn1c2c(c3cc(C)ccc31)CN(C)CC2)c1ccc(CO)nc1. The molecule has 2 aromatic heterocycles. The molecule has 0 atom stereocenters. The fourth-order valence-electron chi connectivity index (χ4n) is 3.81. The van der Waals surface area contributed by atoms with Crippen molar-refractivity contribution in [3.05, 3.63) is 64.6 Å². The number of rotatable bonds is 3. The summed E-state index contributed by atoms with van der Waals surface area (Å²) in [5.41, 5.74) is 8.39. The van der Waals surface area contributed by atoms with Crippen LogP contribution in [0.1, 0.15) is 35.0 Å². The van der Waals surface area contributed by atoms with E-state index in [9.17, 15) is 5.11 Å². The van der Waals surface area contributed by atoms with Crippen LogP contribution in [0.15, 0.2) is 36.5 Å². The summed E-state index contributed by atoms with van der Waals surface area (Å²) in [5, 5.41) is 10.5. The molecule has 0 unspecified atom stereocenters. The van der Waals surface area contributed by atoms with Crippen LogP contribution in [0.5, 0.6) is 0 Å². The van der Waals surface area contributed by atoms with Crippen molar-refractivity contribution < 1.29 is 5.11 Å². The van der Waals surface area contributed by atoms with E-state index in [2.05, 4.69) is 59.7 Å². The van der Waals surface area contributed by atoms with Crippen molar-refractivity contribution in [2.75, 3.05) is 13.6 Å². The fourth-order valence-corrected chi connectivity index (χ4v) is 3.81. The number of aryl methyl sites for hydroxylation is 1. The summed E-state index contributed by atoms with van der Waals surface area (Å²) in [6, 6.07) is 10.6. The third kappa shape index (κ3) is 2.96. The topological polar surface area (TPSA) is 41.3 Å². The maximum absolute atomic E-state index is 9.18. The summed E-state index contributed by atoms with van der Waals surface area (Å²) in [4.78, 5) is 6.70. The van der Waals surface area contributed by atoms with Crippen LogP contribution in [0.2, 0.25) is 0 Å². The standard InChI is InChI=1S/C22H25N3O/c1-15-4-7-21-19(10-15)20-13-24(3)9-8-22(20)25(21)12-16(2)17-5-6-18(14-26)23-11-17/h4-7,10-12,26H,8-9,13-14H2,1-3H3. The zero-order chi connectivity index (χ0) is 18.3. The summed E-state index contributed by atoms with van der Waals surface area (Å²) in [6.07, 6.45) is 5.13. The second kappa shape index (κ2) is 6.71. The highest BCUT2D eigenvalue weighted by molar-refractivity contribution is 5.90. The Bertz CT molecular complexity index is 983. The highest BCUT2D eigenvalue weighted by Gasteiger charge is 2.21. The van der Waals surface area contributed by atoms with Gasteiger partial charge in [0.1, 0.15) is 0 Å². The molecule has 0 saturated carbocycles. The summed E-state index contributed by atoms with van der Waals surface area (Å²) in [7, 11) is 2.19. The summed E-state index contributed by atoms with van der Waals surface area (Å²) < 4.78 is 2.37. The second-order valence-corrected chi connectivity index (χ2v) is 7.31. The molecule has 4 nitrogen and oxygen atoms in total. The van der Waals surface area contributed by atoms with Crippen molar-refractivity contribution in [1.82, 2.24) is 14.5 Å². The minimum absolute atomic E-state index is 0.0222. The van der Waals surface area contributed by atoms with Crippen LogP contribution >= 0.6 is 0 Å². The average molecular weight is 347 g/mol. The van der Waals surface area contributed by atoms with E-state index in [1.54, 1.807) is 0 Å². The van der Waals surface area contributed by atoms with Crippen molar-refractivity contribution in [3.8, 4) is 0 Å². The summed E-state index contributed by atoms with van der Waals surface area (Å²) in [5.74, 6) is 0. The first-order valence-corrected chi connectivity index (χ1v) is 9.12. The van der Waals surface area contributed by atoms with E-state index in [0.717, 1.165) is 25.1 Å². The molecule has 3 heterocycles. The number of aliphatic hydroxyl groups is 1. The van der Waals surface area contributed by atoms with E-state index in [0.29, 0.717) is 5.69 Å². The van der Waals surface area contributed by atoms with Crippen molar-refractivity contribution in [2.45, 2.75) is 33.4 Å². The predicted octanol–water partition coefficient (Wildman–Crippen LogP) is 3.84. The molecule has 0 radical (unpaired) electrons. The number of pyridine rings is 1. The number of benzene rings is 1. The molecule has 3 aromatic rings. The Labute approximate surface area is 154 Å². The number of hydrogen-bond donors (Lipinski definition) is 1. The van der Waals surface area contributed by atoms with Gasteiger partial charge in [-0.05, 0) is 55.8 Å². The Balaban J connectivity index is 1.85. The summed E-state index contributed by atoms with van der Waals surface area (Å²) >= 11 is 0. The van der Waals surface area contributed by atoms with Gasteiger partial charge in [-0.1, -0.05) is 17.7 Å². The van der Waals surface area contributed by atoms with Gasteiger partial charge in [0, 0.05) is 43.0 Å². The molecule has 0 aliphatic carbocycles. The van der Waals surface area contributed by atoms with Crippen LogP contribution < -0.4 is 0 Å². The van der Waals surface area contributed by atoms with Crippen LogP contribution in [0.4, 0.5) is 0 Å². The molecule has 0 saturated heterocycles. The van der Waals surface area contributed by atoms with Crippen LogP contribution in [0.25, 0.3) is 22.7 Å². The molecular weight excluding hydrogens is 322 g/mol. The quantitative estimate of drug-likeness (QED) is 0.782. The highest BCUT2D eigenvalue weighted by Crippen LogP contribution is 2.32. The van der Waals surface area contributed by atoms with Crippen LogP contribution in [-0.2, 0) is 19.6 Å². The number of fused-ring (bicyclic) bond motifs is 3. The number of likely N-dealkylation sites (N-methyl/N-ethyl adjacent to an activating group) is 1. The number of nitrogens with zero attached hydrogens (tertiary/aromatic N) is 3. The number of allylic oxidation sites excluding steroid dienone is 1. The molecule has 0 amide bonds. The van der Waals surface area contributed by atoms with Gasteiger partial charge in [-0.25, -0.2) is 0 Å². The lowest BCUT2D eigenvalue weighted by Crippen LogP contribution is -2.26. The number of hydrogen-bond acceptors (Lipinski definition) is 3. The van der Waals surface area contributed by atoms with Gasteiger partial charge in [0.25, 0.3) is 0 Å². The minimum atomic E-state index is -0.0222. The monoisotopic (exact) mass is 347 g/mol. The Hall–Kier alpha value is -2.43. The lowest BCUT2D eigenvalue weighted by atomic mass is 10.0. The van der Waals surface area contributed by atoms with Crippen LogP contribution in [0, 0.1) is 6.92 Å². The van der Waals surface area contributed by atoms with Crippen LogP contribution in [-0.4, -0.2) is 33.1 Å². The van der Waals surface area contributed by atoms with Gasteiger partial charge in [0.2, 0.25) is 0 Å². The van der Waals surface area contributed by atoms with E-state index in [1.165, 1.54) is 33.3 Å². The van der Waals surface area contributed by atoms with E-state index in [1.807, 2.05) is 18.3 Å². The molecule has 1 aliphatic rings. The van der Waals surface area contributed by atoms with Crippen LogP contribution in [0.3, 0.4) is 0 Å². The van der Waals surface area contributed by atoms with E-state index < -0.39 is 0 Å². The van der Waals surface area contributed by atoms with Gasteiger partial charge in [0.05, 0.1) is 17.8 Å². The second-order valence-electron chi connectivity index (χ2n) is 7.31. The average Bonchev–Trinajstić information content (AvgIpc) is 2.94. The minimum Gasteiger partial charge on any atom is -0.390 e. The predicted molar refractivity (Wildman–Crippen MR) is 107 cm³/mol. The molecular formula is C22H25N3O. The fraction of sp³-hybridized carbons (Fsp3) is 0.318. The molecule has 4 heteroatoms. The molecule has 26 heavy (non-hydrogen) atoms. The Morgan fingerprint density at radius 3 is 2.85 bits per heavy atom. The van der Waals surface area contributed by atoms with E-state index in [4.69, 9.17) is 0 Å². The van der Waals surface area contributed by atoms with E-state index in [-0.39, 0.29) is 6.61 Å². The lowest BCUT2D eigenvalue weighted by molar-refractivity contribution is 0.277. The van der Waals surface area contributed by atoms with Gasteiger partial charge in [0.15, 0.2) is 0 Å². The van der Waals surface area contributed by atoms with Gasteiger partial charge < -0.3 is 14.6 Å². The van der Waals surface area contributed by atoms with Gasteiger partial charge in [-0.15, -0.1) is 0 Å². The lowest BCUT2D eigenvalue weighted by Gasteiger charge is -2.23. The molecule has 0 spiro atoms. The van der Waals surface area contributed by atoms with Gasteiger partial charge in [-0.3, -0.25) is 4.98 Å². The number of aliphatic hydroxyl groups excluding tert-OH is 1. The van der Waals surface area contributed by atoms with Gasteiger partial charge >= 0.3 is 0 Å². The van der Waals surface area contributed by atoms with E-state index >= 15 is 0 Å².